The van der Waals surface area contributed by atoms with Crippen LogP contribution in [0.1, 0.15) is 16.1 Å². The third-order valence-electron chi connectivity index (χ3n) is 3.33. The maximum atomic E-state index is 12.3. The van der Waals surface area contributed by atoms with Crippen LogP contribution in [0.4, 0.5) is 5.69 Å². The highest BCUT2D eigenvalue weighted by Gasteiger charge is 2.22. The molecule has 3 rings (SSSR count). The molecule has 0 saturated heterocycles. The number of thioether (sulfide) groups is 1. The molecule has 0 bridgehead atoms. The molecular formula is C15H11N3O5S2. The lowest BCUT2D eigenvalue weighted by atomic mass is 10.2. The van der Waals surface area contributed by atoms with Crippen molar-refractivity contribution in [3.63, 3.8) is 0 Å². The molecule has 0 aliphatic heterocycles. The smallest absolute Gasteiger partial charge is 0.345 e. The lowest BCUT2D eigenvalue weighted by molar-refractivity contribution is -0.385. The fourth-order valence-electron chi connectivity index (χ4n) is 2.14. The van der Waals surface area contributed by atoms with Crippen molar-refractivity contribution in [3.05, 3.63) is 67.6 Å². The fourth-order valence-corrected chi connectivity index (χ4v) is 3.32. The number of benzene rings is 1. The van der Waals surface area contributed by atoms with Crippen molar-refractivity contribution in [3.8, 4) is 0 Å². The Morgan fingerprint density at radius 3 is 2.96 bits per heavy atom. The van der Waals surface area contributed by atoms with Crippen molar-refractivity contribution in [1.82, 2.24) is 9.38 Å². The van der Waals surface area contributed by atoms with Crippen LogP contribution >= 0.6 is 23.1 Å². The van der Waals surface area contributed by atoms with E-state index in [-0.39, 0.29) is 29.1 Å². The topological polar surface area (TPSA) is 104 Å². The van der Waals surface area contributed by atoms with Gasteiger partial charge in [0, 0.05) is 28.6 Å². The average molecular weight is 377 g/mol. The molecule has 0 atom stereocenters. The van der Waals surface area contributed by atoms with Crippen molar-refractivity contribution in [2.24, 2.45) is 0 Å². The highest BCUT2D eigenvalue weighted by Crippen LogP contribution is 2.25. The van der Waals surface area contributed by atoms with Crippen LogP contribution < -0.4 is 5.56 Å². The van der Waals surface area contributed by atoms with E-state index in [4.69, 9.17) is 4.74 Å². The number of carbonyl (C=O) groups excluding carboxylic acids is 1. The number of aromatic nitrogens is 2. The van der Waals surface area contributed by atoms with E-state index in [2.05, 4.69) is 4.98 Å². The van der Waals surface area contributed by atoms with Gasteiger partial charge >= 0.3 is 5.97 Å². The number of nitro groups is 1. The SMILES string of the molecule is CSc1ccc([N+](=O)[O-])c(C(=O)OCc2cc(=O)n3ccsc3n2)c1. The molecule has 0 amide bonds. The van der Waals surface area contributed by atoms with Gasteiger partial charge in [-0.1, -0.05) is 0 Å². The lowest BCUT2D eigenvalue weighted by Crippen LogP contribution is -2.15. The summed E-state index contributed by atoms with van der Waals surface area (Å²) in [6.07, 6.45) is 3.40. The second-order valence-electron chi connectivity index (χ2n) is 4.86. The van der Waals surface area contributed by atoms with E-state index in [1.807, 2.05) is 0 Å². The number of thiazole rings is 1. The van der Waals surface area contributed by atoms with Gasteiger partial charge in [-0.2, -0.15) is 0 Å². The highest BCUT2D eigenvalue weighted by atomic mass is 32.2. The fraction of sp³-hybridized carbons (Fsp3) is 0.133. The number of carbonyl (C=O) groups is 1. The van der Waals surface area contributed by atoms with E-state index in [1.165, 1.54) is 45.7 Å². The summed E-state index contributed by atoms with van der Waals surface area (Å²) in [4.78, 5) is 40.0. The molecular weight excluding hydrogens is 366 g/mol. The molecule has 2 aromatic heterocycles. The minimum atomic E-state index is -0.837. The van der Waals surface area contributed by atoms with E-state index in [9.17, 15) is 19.7 Å². The number of hydrogen-bond acceptors (Lipinski definition) is 8. The summed E-state index contributed by atoms with van der Waals surface area (Å²) < 4.78 is 6.50. The molecule has 8 nitrogen and oxygen atoms in total. The number of hydrogen-bond donors (Lipinski definition) is 0. The monoisotopic (exact) mass is 377 g/mol. The van der Waals surface area contributed by atoms with Gasteiger partial charge in [0.05, 0.1) is 10.6 Å². The summed E-state index contributed by atoms with van der Waals surface area (Å²) in [5.74, 6) is -0.837. The molecule has 10 heteroatoms. The van der Waals surface area contributed by atoms with Crippen molar-refractivity contribution < 1.29 is 14.5 Å². The summed E-state index contributed by atoms with van der Waals surface area (Å²) in [5, 5.41) is 12.8. The van der Waals surface area contributed by atoms with Crippen LogP contribution in [-0.2, 0) is 11.3 Å². The Bertz CT molecular complexity index is 1030. The summed E-state index contributed by atoms with van der Waals surface area (Å²) in [5.41, 5.74) is -0.465. The van der Waals surface area contributed by atoms with Gasteiger partial charge in [-0.15, -0.1) is 23.1 Å². The van der Waals surface area contributed by atoms with E-state index in [0.717, 1.165) is 0 Å². The van der Waals surface area contributed by atoms with E-state index < -0.39 is 10.9 Å². The van der Waals surface area contributed by atoms with Crippen molar-refractivity contribution in [2.45, 2.75) is 11.5 Å². The van der Waals surface area contributed by atoms with Crippen molar-refractivity contribution in [2.75, 3.05) is 6.26 Å². The first kappa shape index (κ1) is 17.1. The van der Waals surface area contributed by atoms with Crippen molar-refractivity contribution in [1.29, 1.82) is 0 Å². The summed E-state index contributed by atoms with van der Waals surface area (Å²) in [6.45, 7) is -0.247. The first-order valence-electron chi connectivity index (χ1n) is 6.95. The van der Waals surface area contributed by atoms with Gasteiger partial charge < -0.3 is 4.74 Å². The van der Waals surface area contributed by atoms with Gasteiger partial charge in [0.15, 0.2) is 4.96 Å². The Balaban J connectivity index is 1.84. The number of esters is 1. The Morgan fingerprint density at radius 1 is 1.44 bits per heavy atom. The maximum Gasteiger partial charge on any atom is 0.345 e. The molecule has 0 radical (unpaired) electrons. The van der Waals surface area contributed by atoms with Gasteiger partial charge in [-0.25, -0.2) is 9.78 Å². The lowest BCUT2D eigenvalue weighted by Gasteiger charge is -2.06. The van der Waals surface area contributed by atoms with Gasteiger partial charge in [-0.3, -0.25) is 19.3 Å². The average Bonchev–Trinajstić information content (AvgIpc) is 3.08. The van der Waals surface area contributed by atoms with Gasteiger partial charge in [-0.05, 0) is 18.4 Å². The Morgan fingerprint density at radius 2 is 2.24 bits per heavy atom. The first-order valence-corrected chi connectivity index (χ1v) is 9.05. The van der Waals surface area contributed by atoms with E-state index in [0.29, 0.717) is 9.86 Å². The molecule has 0 N–H and O–H groups in total. The van der Waals surface area contributed by atoms with Crippen LogP contribution in [-0.4, -0.2) is 26.5 Å². The van der Waals surface area contributed by atoms with Crippen LogP contribution in [0.2, 0.25) is 0 Å². The number of ether oxygens (including phenoxy) is 1. The zero-order valence-electron chi connectivity index (χ0n) is 12.9. The van der Waals surface area contributed by atoms with E-state index >= 15 is 0 Å². The first-order chi connectivity index (χ1) is 12.0. The van der Waals surface area contributed by atoms with Crippen LogP contribution in [0.3, 0.4) is 0 Å². The molecule has 3 aromatic rings. The van der Waals surface area contributed by atoms with Crippen LogP contribution in [0.25, 0.3) is 4.96 Å². The molecule has 2 heterocycles. The normalized spacial score (nSPS) is 10.8. The number of nitrogens with zero attached hydrogens (tertiary/aromatic N) is 3. The van der Waals surface area contributed by atoms with Crippen molar-refractivity contribution >= 4 is 39.7 Å². The molecule has 0 unspecified atom stereocenters. The second kappa shape index (κ2) is 7.03. The van der Waals surface area contributed by atoms with Gasteiger partial charge in [0.1, 0.15) is 12.2 Å². The quantitative estimate of drug-likeness (QED) is 0.291. The third-order valence-corrected chi connectivity index (χ3v) is 4.81. The molecule has 0 spiro atoms. The molecule has 0 saturated carbocycles. The second-order valence-corrected chi connectivity index (χ2v) is 6.61. The predicted molar refractivity (Wildman–Crippen MR) is 93.3 cm³/mol. The highest BCUT2D eigenvalue weighted by molar-refractivity contribution is 7.98. The van der Waals surface area contributed by atoms with E-state index in [1.54, 1.807) is 23.9 Å². The third kappa shape index (κ3) is 3.54. The molecule has 0 aliphatic rings. The maximum absolute atomic E-state index is 12.3. The van der Waals surface area contributed by atoms with Crippen LogP contribution in [0, 0.1) is 10.1 Å². The molecule has 1 aromatic carbocycles. The molecule has 0 aliphatic carbocycles. The summed E-state index contributed by atoms with van der Waals surface area (Å²) in [7, 11) is 0. The van der Waals surface area contributed by atoms with Crippen LogP contribution in [0.15, 0.2) is 45.5 Å². The molecule has 0 fully saturated rings. The number of nitro benzene ring substituents is 1. The zero-order valence-corrected chi connectivity index (χ0v) is 14.5. The summed E-state index contributed by atoms with van der Waals surface area (Å²) >= 11 is 2.63. The number of rotatable bonds is 5. The van der Waals surface area contributed by atoms with Crippen LogP contribution in [0.5, 0.6) is 0 Å². The van der Waals surface area contributed by atoms with Gasteiger partial charge in [0.2, 0.25) is 0 Å². The number of fused-ring (bicyclic) bond motifs is 1. The Hall–Kier alpha value is -2.72. The van der Waals surface area contributed by atoms with Gasteiger partial charge in [0.25, 0.3) is 11.2 Å². The largest absolute Gasteiger partial charge is 0.455 e. The molecule has 128 valence electrons. The Labute approximate surface area is 149 Å². The minimum Gasteiger partial charge on any atom is -0.455 e. The summed E-state index contributed by atoms with van der Waals surface area (Å²) in [6, 6.07) is 5.51. The zero-order chi connectivity index (χ0) is 18.0. The standard InChI is InChI=1S/C15H11N3O5S2/c1-24-10-2-3-12(18(21)22)11(7-10)14(20)23-8-9-6-13(19)17-4-5-25-15(17)16-9/h2-7H,8H2,1H3. The Kier molecular flexibility index (Phi) is 4.81. The molecule has 25 heavy (non-hydrogen) atoms. The predicted octanol–water partition coefficient (Wildman–Crippen LogP) is 2.74. The minimum absolute atomic E-state index is 0.134.